The highest BCUT2D eigenvalue weighted by molar-refractivity contribution is 7.09. The number of rotatable bonds is 2. The Morgan fingerprint density at radius 2 is 2.17 bits per heavy atom. The van der Waals surface area contributed by atoms with Gasteiger partial charge in [0.15, 0.2) is 0 Å². The minimum absolute atomic E-state index is 0.0996. The lowest BCUT2D eigenvalue weighted by atomic mass is 9.91. The highest BCUT2D eigenvalue weighted by Crippen LogP contribution is 2.29. The maximum Gasteiger partial charge on any atom is 0.0957 e. The van der Waals surface area contributed by atoms with Gasteiger partial charge in [0.2, 0.25) is 0 Å². The number of nitrogens with zero attached hydrogens (tertiary/aromatic N) is 1. The smallest absolute Gasteiger partial charge is 0.0957 e. The molecule has 2 heterocycles. The van der Waals surface area contributed by atoms with Crippen molar-refractivity contribution in [3.05, 3.63) is 16.1 Å². The molecule has 2 rings (SSSR count). The Bertz CT molecular complexity index is 387. The van der Waals surface area contributed by atoms with Gasteiger partial charge in [0.1, 0.15) is 0 Å². The summed E-state index contributed by atoms with van der Waals surface area (Å²) in [6.07, 6.45) is 3.46. The molecule has 0 spiro atoms. The van der Waals surface area contributed by atoms with Crippen LogP contribution < -0.4 is 5.32 Å². The van der Waals surface area contributed by atoms with Crippen LogP contribution in [0.5, 0.6) is 0 Å². The van der Waals surface area contributed by atoms with Crippen molar-refractivity contribution >= 4 is 11.3 Å². The third-order valence-electron chi connectivity index (χ3n) is 3.56. The van der Waals surface area contributed by atoms with Crippen molar-refractivity contribution < 1.29 is 5.11 Å². The Morgan fingerprint density at radius 1 is 1.39 bits per heavy atom. The van der Waals surface area contributed by atoms with Crippen LogP contribution in [-0.2, 0) is 11.8 Å². The Kier molecular flexibility index (Phi) is 4.09. The summed E-state index contributed by atoms with van der Waals surface area (Å²) in [6, 6.07) is 0. The Balaban J connectivity index is 2.06. The Morgan fingerprint density at radius 3 is 2.83 bits per heavy atom. The second kappa shape index (κ2) is 5.27. The van der Waals surface area contributed by atoms with Crippen LogP contribution in [0.25, 0.3) is 0 Å². The molecule has 0 amide bonds. The number of aromatic nitrogens is 1. The van der Waals surface area contributed by atoms with Crippen molar-refractivity contribution in [2.45, 2.75) is 57.5 Å². The first kappa shape index (κ1) is 14.0. The second-order valence-electron chi connectivity index (χ2n) is 6.38. The van der Waals surface area contributed by atoms with Crippen molar-refractivity contribution in [1.82, 2.24) is 10.3 Å². The standard InChI is InChI=1S/C14H24N2OS/c1-13(2,3)11-10-18-12(16-11)9-14(17)5-4-7-15-8-6-14/h10,15,17H,4-9H2,1-3H3. The molecule has 1 aromatic rings. The number of nitrogens with one attached hydrogen (secondary N) is 1. The zero-order valence-corrected chi connectivity index (χ0v) is 12.4. The van der Waals surface area contributed by atoms with Gasteiger partial charge in [0, 0.05) is 17.2 Å². The molecule has 1 aliphatic rings. The van der Waals surface area contributed by atoms with E-state index in [4.69, 9.17) is 0 Å². The molecule has 18 heavy (non-hydrogen) atoms. The number of hydrogen-bond acceptors (Lipinski definition) is 4. The summed E-state index contributed by atoms with van der Waals surface area (Å²) in [5.41, 5.74) is 0.677. The lowest BCUT2D eigenvalue weighted by molar-refractivity contribution is 0.0284. The molecular formula is C14H24N2OS. The highest BCUT2D eigenvalue weighted by Gasteiger charge is 2.30. The van der Waals surface area contributed by atoms with Gasteiger partial charge in [-0.1, -0.05) is 20.8 Å². The summed E-state index contributed by atoms with van der Waals surface area (Å²) >= 11 is 1.68. The molecule has 1 saturated heterocycles. The van der Waals surface area contributed by atoms with Gasteiger partial charge in [-0.2, -0.15) is 0 Å². The molecular weight excluding hydrogens is 244 g/mol. The first-order valence-electron chi connectivity index (χ1n) is 6.77. The molecule has 4 heteroatoms. The first-order chi connectivity index (χ1) is 8.39. The predicted molar refractivity (Wildman–Crippen MR) is 76.2 cm³/mol. The van der Waals surface area contributed by atoms with Crippen molar-refractivity contribution in [2.24, 2.45) is 0 Å². The van der Waals surface area contributed by atoms with E-state index in [-0.39, 0.29) is 5.41 Å². The van der Waals surface area contributed by atoms with Crippen LogP contribution in [0.3, 0.4) is 0 Å². The molecule has 2 N–H and O–H groups in total. The molecule has 0 bridgehead atoms. The van der Waals surface area contributed by atoms with Crippen LogP contribution in [0, 0.1) is 0 Å². The topological polar surface area (TPSA) is 45.1 Å². The zero-order valence-electron chi connectivity index (χ0n) is 11.6. The van der Waals surface area contributed by atoms with E-state index in [0.29, 0.717) is 6.42 Å². The number of aliphatic hydroxyl groups is 1. The van der Waals surface area contributed by atoms with Gasteiger partial charge < -0.3 is 10.4 Å². The quantitative estimate of drug-likeness (QED) is 0.866. The fourth-order valence-electron chi connectivity index (χ4n) is 2.31. The van der Waals surface area contributed by atoms with E-state index in [0.717, 1.165) is 43.1 Å². The van der Waals surface area contributed by atoms with Gasteiger partial charge in [-0.15, -0.1) is 11.3 Å². The van der Waals surface area contributed by atoms with Gasteiger partial charge in [0.05, 0.1) is 16.3 Å². The van der Waals surface area contributed by atoms with Crippen LogP contribution in [0.1, 0.15) is 50.7 Å². The van der Waals surface area contributed by atoms with Gasteiger partial charge in [-0.25, -0.2) is 4.98 Å². The van der Waals surface area contributed by atoms with Crippen LogP contribution in [0.15, 0.2) is 5.38 Å². The number of thiazole rings is 1. The van der Waals surface area contributed by atoms with E-state index in [2.05, 4.69) is 36.5 Å². The van der Waals surface area contributed by atoms with Crippen LogP contribution >= 0.6 is 11.3 Å². The van der Waals surface area contributed by atoms with Crippen molar-refractivity contribution in [3.8, 4) is 0 Å². The Hall–Kier alpha value is -0.450. The number of hydrogen-bond donors (Lipinski definition) is 2. The molecule has 0 saturated carbocycles. The van der Waals surface area contributed by atoms with Gasteiger partial charge >= 0.3 is 0 Å². The van der Waals surface area contributed by atoms with Crippen molar-refractivity contribution in [3.63, 3.8) is 0 Å². The molecule has 1 fully saturated rings. The molecule has 0 radical (unpaired) electrons. The first-order valence-corrected chi connectivity index (χ1v) is 7.65. The molecule has 3 nitrogen and oxygen atoms in total. The normalized spacial score (nSPS) is 26.0. The predicted octanol–water partition coefficient (Wildman–Crippen LogP) is 2.49. The van der Waals surface area contributed by atoms with Crippen molar-refractivity contribution in [2.75, 3.05) is 13.1 Å². The molecule has 1 aliphatic heterocycles. The lowest BCUT2D eigenvalue weighted by Gasteiger charge is -2.25. The zero-order chi connectivity index (χ0) is 13.2. The Labute approximate surface area is 114 Å². The molecule has 102 valence electrons. The summed E-state index contributed by atoms with van der Waals surface area (Å²) < 4.78 is 0. The molecule has 1 aromatic heterocycles. The highest BCUT2D eigenvalue weighted by atomic mass is 32.1. The monoisotopic (exact) mass is 268 g/mol. The molecule has 1 unspecified atom stereocenters. The average Bonchev–Trinajstić information content (AvgIpc) is 2.61. The van der Waals surface area contributed by atoms with E-state index >= 15 is 0 Å². The maximum absolute atomic E-state index is 10.6. The minimum Gasteiger partial charge on any atom is -0.389 e. The lowest BCUT2D eigenvalue weighted by Crippen LogP contribution is -2.32. The molecule has 1 atom stereocenters. The van der Waals surface area contributed by atoms with Gasteiger partial charge in [-0.3, -0.25) is 0 Å². The fraction of sp³-hybridized carbons (Fsp3) is 0.786. The van der Waals surface area contributed by atoms with E-state index in [9.17, 15) is 5.11 Å². The van der Waals surface area contributed by atoms with Crippen molar-refractivity contribution in [1.29, 1.82) is 0 Å². The summed E-state index contributed by atoms with van der Waals surface area (Å²) in [7, 11) is 0. The summed E-state index contributed by atoms with van der Waals surface area (Å²) in [5, 5.41) is 17.2. The van der Waals surface area contributed by atoms with Crippen LogP contribution in [0.2, 0.25) is 0 Å². The summed E-state index contributed by atoms with van der Waals surface area (Å²) in [6.45, 7) is 8.46. The third kappa shape index (κ3) is 3.53. The maximum atomic E-state index is 10.6. The summed E-state index contributed by atoms with van der Waals surface area (Å²) in [4.78, 5) is 4.69. The molecule has 0 aromatic carbocycles. The van der Waals surface area contributed by atoms with Gasteiger partial charge in [0.25, 0.3) is 0 Å². The van der Waals surface area contributed by atoms with E-state index in [1.54, 1.807) is 11.3 Å². The summed E-state index contributed by atoms with van der Waals surface area (Å²) in [5.74, 6) is 0. The second-order valence-corrected chi connectivity index (χ2v) is 7.32. The average molecular weight is 268 g/mol. The SMILES string of the molecule is CC(C)(C)c1csc(CC2(O)CCCNCC2)n1. The third-order valence-corrected chi connectivity index (χ3v) is 4.41. The fourth-order valence-corrected chi connectivity index (χ4v) is 3.47. The van der Waals surface area contributed by atoms with Crippen LogP contribution in [0.4, 0.5) is 0 Å². The van der Waals surface area contributed by atoms with E-state index in [1.807, 2.05) is 0 Å². The van der Waals surface area contributed by atoms with E-state index < -0.39 is 5.60 Å². The largest absolute Gasteiger partial charge is 0.389 e. The van der Waals surface area contributed by atoms with E-state index in [1.165, 1.54) is 0 Å². The van der Waals surface area contributed by atoms with Gasteiger partial charge in [-0.05, 0) is 32.4 Å². The van der Waals surface area contributed by atoms with Crippen LogP contribution in [-0.4, -0.2) is 28.8 Å². The molecule has 0 aliphatic carbocycles. The minimum atomic E-state index is -0.559.